The molecule has 0 bridgehead atoms. The molecule has 0 aromatic heterocycles. The van der Waals surface area contributed by atoms with Crippen LogP contribution in [0, 0.1) is 0 Å². The van der Waals surface area contributed by atoms with Gasteiger partial charge in [-0.15, -0.1) is 0 Å². The Morgan fingerprint density at radius 3 is 2.69 bits per heavy atom. The third-order valence-electron chi connectivity index (χ3n) is 2.52. The molecule has 1 atom stereocenters. The summed E-state index contributed by atoms with van der Waals surface area (Å²) in [4.78, 5) is 0. The van der Waals surface area contributed by atoms with Crippen molar-refractivity contribution in [2.45, 2.75) is 19.6 Å². The molecule has 0 aliphatic rings. The SMILES string of the molecule is COc1ccc(CN)c(NCC(C)OC)c1. The number of hydrogen-bond donors (Lipinski definition) is 2. The van der Waals surface area contributed by atoms with Crippen LogP contribution in [0.2, 0.25) is 0 Å². The van der Waals surface area contributed by atoms with E-state index in [-0.39, 0.29) is 6.10 Å². The van der Waals surface area contributed by atoms with E-state index in [1.165, 1.54) is 0 Å². The summed E-state index contributed by atoms with van der Waals surface area (Å²) in [5.74, 6) is 0.824. The maximum atomic E-state index is 5.67. The molecule has 1 unspecified atom stereocenters. The molecular weight excluding hydrogens is 204 g/mol. The first-order chi connectivity index (χ1) is 7.71. The smallest absolute Gasteiger partial charge is 0.120 e. The average molecular weight is 224 g/mol. The summed E-state index contributed by atoms with van der Waals surface area (Å²) in [6.45, 7) is 3.26. The van der Waals surface area contributed by atoms with E-state index < -0.39 is 0 Å². The van der Waals surface area contributed by atoms with Crippen molar-refractivity contribution in [3.05, 3.63) is 23.8 Å². The molecule has 1 aromatic carbocycles. The molecule has 4 heteroatoms. The number of nitrogens with two attached hydrogens (primary N) is 1. The molecule has 0 amide bonds. The van der Waals surface area contributed by atoms with Gasteiger partial charge in [-0.25, -0.2) is 0 Å². The summed E-state index contributed by atoms with van der Waals surface area (Å²) < 4.78 is 10.4. The first-order valence-electron chi connectivity index (χ1n) is 5.35. The van der Waals surface area contributed by atoms with Crippen LogP contribution in [-0.4, -0.2) is 26.9 Å². The van der Waals surface area contributed by atoms with Gasteiger partial charge in [0.2, 0.25) is 0 Å². The molecule has 0 aliphatic heterocycles. The van der Waals surface area contributed by atoms with Crippen LogP contribution in [0.25, 0.3) is 0 Å². The van der Waals surface area contributed by atoms with Crippen molar-refractivity contribution in [2.75, 3.05) is 26.1 Å². The van der Waals surface area contributed by atoms with Crippen molar-refractivity contribution in [1.29, 1.82) is 0 Å². The first-order valence-corrected chi connectivity index (χ1v) is 5.35. The molecule has 0 fully saturated rings. The van der Waals surface area contributed by atoms with Gasteiger partial charge >= 0.3 is 0 Å². The van der Waals surface area contributed by atoms with Gasteiger partial charge < -0.3 is 20.5 Å². The van der Waals surface area contributed by atoms with Crippen LogP contribution < -0.4 is 15.8 Å². The molecule has 1 aromatic rings. The van der Waals surface area contributed by atoms with Crippen molar-refractivity contribution >= 4 is 5.69 Å². The van der Waals surface area contributed by atoms with Gasteiger partial charge in [-0.05, 0) is 18.6 Å². The van der Waals surface area contributed by atoms with E-state index in [0.717, 1.165) is 23.5 Å². The van der Waals surface area contributed by atoms with Crippen LogP contribution in [0.3, 0.4) is 0 Å². The number of anilines is 1. The molecule has 90 valence electrons. The zero-order valence-electron chi connectivity index (χ0n) is 10.1. The van der Waals surface area contributed by atoms with Gasteiger partial charge in [0.15, 0.2) is 0 Å². The molecule has 0 heterocycles. The van der Waals surface area contributed by atoms with Gasteiger partial charge in [0.1, 0.15) is 5.75 Å². The zero-order valence-corrected chi connectivity index (χ0v) is 10.1. The molecule has 0 saturated carbocycles. The molecule has 0 spiro atoms. The Morgan fingerprint density at radius 1 is 1.38 bits per heavy atom. The molecule has 0 radical (unpaired) electrons. The van der Waals surface area contributed by atoms with E-state index in [2.05, 4.69) is 5.32 Å². The minimum Gasteiger partial charge on any atom is -0.497 e. The molecule has 1 rings (SSSR count). The Balaban J connectivity index is 2.75. The van der Waals surface area contributed by atoms with E-state index in [4.69, 9.17) is 15.2 Å². The Labute approximate surface area is 96.7 Å². The lowest BCUT2D eigenvalue weighted by atomic mass is 10.1. The lowest BCUT2D eigenvalue weighted by Crippen LogP contribution is -2.19. The second-order valence-corrected chi connectivity index (χ2v) is 3.65. The normalized spacial score (nSPS) is 12.2. The van der Waals surface area contributed by atoms with Gasteiger partial charge in [-0.3, -0.25) is 0 Å². The van der Waals surface area contributed by atoms with Gasteiger partial charge in [-0.2, -0.15) is 0 Å². The predicted octanol–water partition coefficient (Wildman–Crippen LogP) is 1.60. The van der Waals surface area contributed by atoms with Gasteiger partial charge in [-0.1, -0.05) is 6.07 Å². The van der Waals surface area contributed by atoms with E-state index in [9.17, 15) is 0 Å². The van der Waals surface area contributed by atoms with Crippen molar-refractivity contribution in [2.24, 2.45) is 5.73 Å². The Morgan fingerprint density at radius 2 is 2.12 bits per heavy atom. The standard InChI is InChI=1S/C12H20N2O2/c1-9(15-2)8-14-12-6-11(16-3)5-4-10(12)7-13/h4-6,9,14H,7-8,13H2,1-3H3. The third-order valence-corrected chi connectivity index (χ3v) is 2.52. The number of rotatable bonds is 6. The summed E-state index contributed by atoms with van der Waals surface area (Å²) in [6.07, 6.45) is 0.164. The largest absolute Gasteiger partial charge is 0.497 e. The number of methoxy groups -OCH3 is 2. The monoisotopic (exact) mass is 224 g/mol. The Hall–Kier alpha value is -1.26. The van der Waals surface area contributed by atoms with Crippen molar-refractivity contribution < 1.29 is 9.47 Å². The Bertz CT molecular complexity index is 329. The highest BCUT2D eigenvalue weighted by atomic mass is 16.5. The maximum Gasteiger partial charge on any atom is 0.120 e. The fourth-order valence-corrected chi connectivity index (χ4v) is 1.36. The summed E-state index contributed by atoms with van der Waals surface area (Å²) in [6, 6.07) is 5.83. The predicted molar refractivity (Wildman–Crippen MR) is 65.8 cm³/mol. The molecule has 0 saturated heterocycles. The number of benzene rings is 1. The number of nitrogens with one attached hydrogen (secondary N) is 1. The van der Waals surface area contributed by atoms with Crippen LogP contribution in [0.5, 0.6) is 5.75 Å². The molecule has 3 N–H and O–H groups in total. The minimum atomic E-state index is 0.164. The van der Waals surface area contributed by atoms with E-state index in [1.54, 1.807) is 14.2 Å². The van der Waals surface area contributed by atoms with Gasteiger partial charge in [0.25, 0.3) is 0 Å². The summed E-state index contributed by atoms with van der Waals surface area (Å²) in [5, 5.41) is 3.30. The summed E-state index contributed by atoms with van der Waals surface area (Å²) >= 11 is 0. The average Bonchev–Trinajstić information content (AvgIpc) is 2.35. The minimum absolute atomic E-state index is 0.164. The summed E-state index contributed by atoms with van der Waals surface area (Å²) in [5.41, 5.74) is 7.75. The number of ether oxygens (including phenoxy) is 2. The second-order valence-electron chi connectivity index (χ2n) is 3.65. The molecule has 4 nitrogen and oxygen atoms in total. The van der Waals surface area contributed by atoms with Crippen LogP contribution in [0.15, 0.2) is 18.2 Å². The highest BCUT2D eigenvalue weighted by Gasteiger charge is 2.05. The summed E-state index contributed by atoms with van der Waals surface area (Å²) in [7, 11) is 3.35. The lowest BCUT2D eigenvalue weighted by Gasteiger charge is -2.15. The quantitative estimate of drug-likeness (QED) is 0.770. The second kappa shape index (κ2) is 6.35. The van der Waals surface area contributed by atoms with Crippen molar-refractivity contribution in [1.82, 2.24) is 0 Å². The number of hydrogen-bond acceptors (Lipinski definition) is 4. The third kappa shape index (κ3) is 3.40. The van der Waals surface area contributed by atoms with Crippen LogP contribution in [0.1, 0.15) is 12.5 Å². The fourth-order valence-electron chi connectivity index (χ4n) is 1.36. The lowest BCUT2D eigenvalue weighted by molar-refractivity contribution is 0.129. The topological polar surface area (TPSA) is 56.5 Å². The highest BCUT2D eigenvalue weighted by molar-refractivity contribution is 5.55. The van der Waals surface area contributed by atoms with Crippen molar-refractivity contribution in [3.63, 3.8) is 0 Å². The van der Waals surface area contributed by atoms with Crippen LogP contribution in [0.4, 0.5) is 5.69 Å². The van der Waals surface area contributed by atoms with E-state index >= 15 is 0 Å². The van der Waals surface area contributed by atoms with Crippen LogP contribution in [-0.2, 0) is 11.3 Å². The van der Waals surface area contributed by atoms with E-state index in [1.807, 2.05) is 25.1 Å². The zero-order chi connectivity index (χ0) is 12.0. The van der Waals surface area contributed by atoms with Gasteiger partial charge in [0, 0.05) is 32.0 Å². The maximum absolute atomic E-state index is 5.67. The molecule has 16 heavy (non-hydrogen) atoms. The molecule has 0 aliphatic carbocycles. The van der Waals surface area contributed by atoms with E-state index in [0.29, 0.717) is 6.54 Å². The van der Waals surface area contributed by atoms with Gasteiger partial charge in [0.05, 0.1) is 13.2 Å². The van der Waals surface area contributed by atoms with Crippen molar-refractivity contribution in [3.8, 4) is 5.75 Å². The Kier molecular flexibility index (Phi) is 5.08. The first kappa shape index (κ1) is 12.8. The molecular formula is C12H20N2O2. The highest BCUT2D eigenvalue weighted by Crippen LogP contribution is 2.22. The fraction of sp³-hybridized carbons (Fsp3) is 0.500. The van der Waals surface area contributed by atoms with Crippen LogP contribution >= 0.6 is 0 Å².